The molecule has 1 aliphatic carbocycles. The Morgan fingerprint density at radius 1 is 1.40 bits per heavy atom. The molecule has 0 bridgehead atoms. The average Bonchev–Trinajstić information content (AvgIpc) is 2.42. The van der Waals surface area contributed by atoms with E-state index < -0.39 is 11.0 Å². The van der Waals surface area contributed by atoms with E-state index in [2.05, 4.69) is 4.98 Å². The van der Waals surface area contributed by atoms with Gasteiger partial charge in [0.15, 0.2) is 5.78 Å². The summed E-state index contributed by atoms with van der Waals surface area (Å²) in [7, 11) is 1.59. The number of pyridine rings is 1. The summed E-state index contributed by atoms with van der Waals surface area (Å²) in [5.74, 6) is -0.132. The van der Waals surface area contributed by atoms with Crippen molar-refractivity contribution in [2.45, 2.75) is 32.8 Å². The molecule has 0 aromatic carbocycles. The number of allylic oxidation sites excluding steroid dienone is 1. The molecule has 0 N–H and O–H groups in total. The van der Waals surface area contributed by atoms with Gasteiger partial charge in [-0.2, -0.15) is 5.26 Å². The van der Waals surface area contributed by atoms with Crippen LogP contribution in [0.5, 0.6) is 0 Å². The smallest absolute Gasteiger partial charge is 0.178 e. The quantitative estimate of drug-likeness (QED) is 0.828. The first-order chi connectivity index (χ1) is 9.34. The number of carbonyl (C=O) groups excluding carboxylic acids is 1. The predicted octanol–water partition coefficient (Wildman–Crippen LogP) is 2.68. The van der Waals surface area contributed by atoms with Gasteiger partial charge in [0.25, 0.3) is 0 Å². The third-order valence-electron chi connectivity index (χ3n) is 3.83. The van der Waals surface area contributed by atoms with Crippen molar-refractivity contribution in [3.8, 4) is 6.07 Å². The molecule has 1 atom stereocenters. The zero-order valence-electron chi connectivity index (χ0n) is 12.2. The van der Waals surface area contributed by atoms with Crippen molar-refractivity contribution in [1.29, 1.82) is 5.26 Å². The lowest BCUT2D eigenvalue weighted by molar-refractivity contribution is -0.128. The number of methoxy groups -OCH3 is 1. The van der Waals surface area contributed by atoms with Crippen LogP contribution < -0.4 is 0 Å². The lowest BCUT2D eigenvalue weighted by Crippen LogP contribution is -2.42. The number of hydrogen-bond acceptors (Lipinski definition) is 4. The number of aryl methyl sites for hydroxylation is 1. The Bertz CT molecular complexity index is 608. The number of ketones is 1. The van der Waals surface area contributed by atoms with Crippen LogP contribution in [0.1, 0.15) is 31.5 Å². The van der Waals surface area contributed by atoms with Crippen LogP contribution in [0.25, 0.3) is 0 Å². The summed E-state index contributed by atoms with van der Waals surface area (Å²) < 4.78 is 5.70. The summed E-state index contributed by atoms with van der Waals surface area (Å²) in [5, 5.41) is 9.20. The lowest BCUT2D eigenvalue weighted by Gasteiger charge is -2.40. The number of ether oxygens (including phenoxy) is 1. The Hall–Kier alpha value is -1.99. The maximum absolute atomic E-state index is 12.2. The highest BCUT2D eigenvalue weighted by atomic mass is 16.5. The van der Waals surface area contributed by atoms with Crippen molar-refractivity contribution < 1.29 is 9.53 Å². The van der Waals surface area contributed by atoms with E-state index in [0.717, 1.165) is 11.3 Å². The van der Waals surface area contributed by atoms with Crippen LogP contribution >= 0.6 is 0 Å². The second-order valence-electron chi connectivity index (χ2n) is 5.84. The van der Waals surface area contributed by atoms with Gasteiger partial charge in [-0.15, -0.1) is 0 Å². The summed E-state index contributed by atoms with van der Waals surface area (Å²) in [4.78, 5) is 16.5. The van der Waals surface area contributed by atoms with Crippen LogP contribution in [-0.2, 0) is 15.1 Å². The maximum atomic E-state index is 12.2. The van der Waals surface area contributed by atoms with Crippen molar-refractivity contribution in [3.05, 3.63) is 41.2 Å². The first-order valence-electron chi connectivity index (χ1n) is 6.51. The normalized spacial score (nSPS) is 24.9. The van der Waals surface area contributed by atoms with Gasteiger partial charge in [0.05, 0.1) is 5.57 Å². The molecule has 4 heteroatoms. The SMILES string of the molecule is CO[C@]1(c2ccc(C)nc2)C=C(C#N)C(=O)C(C)(C)C1. The zero-order chi connectivity index (χ0) is 15.0. The van der Waals surface area contributed by atoms with Crippen LogP contribution in [0, 0.1) is 23.7 Å². The Labute approximate surface area is 119 Å². The molecule has 0 amide bonds. The molecule has 0 fully saturated rings. The standard InChI is InChI=1S/C16H18N2O2/c1-11-5-6-13(9-18-11)16(20-4)7-12(8-17)14(19)15(2,3)10-16/h5-7,9H,10H2,1-4H3/t16-/m1/s1. The molecule has 0 saturated heterocycles. The van der Waals surface area contributed by atoms with Gasteiger partial charge >= 0.3 is 0 Å². The first-order valence-corrected chi connectivity index (χ1v) is 6.51. The number of aromatic nitrogens is 1. The van der Waals surface area contributed by atoms with E-state index in [4.69, 9.17) is 4.74 Å². The summed E-state index contributed by atoms with van der Waals surface area (Å²) in [6.07, 6.45) is 3.87. The van der Waals surface area contributed by atoms with Gasteiger partial charge in [-0.25, -0.2) is 0 Å². The third kappa shape index (κ3) is 2.25. The third-order valence-corrected chi connectivity index (χ3v) is 3.83. The summed E-state index contributed by atoms with van der Waals surface area (Å²) >= 11 is 0. The fourth-order valence-electron chi connectivity index (χ4n) is 2.69. The summed E-state index contributed by atoms with van der Waals surface area (Å²) in [6, 6.07) is 5.83. The largest absolute Gasteiger partial charge is 0.369 e. The van der Waals surface area contributed by atoms with Gasteiger partial charge in [-0.05, 0) is 25.5 Å². The van der Waals surface area contributed by atoms with E-state index in [1.165, 1.54) is 0 Å². The van der Waals surface area contributed by atoms with Crippen LogP contribution in [0.2, 0.25) is 0 Å². The minimum Gasteiger partial charge on any atom is -0.369 e. The molecule has 1 aromatic rings. The van der Waals surface area contributed by atoms with Gasteiger partial charge in [0, 0.05) is 30.0 Å². The molecule has 20 heavy (non-hydrogen) atoms. The fourth-order valence-corrected chi connectivity index (χ4v) is 2.69. The van der Waals surface area contributed by atoms with E-state index in [0.29, 0.717) is 6.42 Å². The molecule has 0 unspecified atom stereocenters. The summed E-state index contributed by atoms with van der Waals surface area (Å²) in [6.45, 7) is 5.60. The van der Waals surface area contributed by atoms with E-state index in [1.807, 2.05) is 39.0 Å². The van der Waals surface area contributed by atoms with Gasteiger partial charge in [0.2, 0.25) is 0 Å². The van der Waals surface area contributed by atoms with E-state index in [-0.39, 0.29) is 11.4 Å². The van der Waals surface area contributed by atoms with Gasteiger partial charge < -0.3 is 4.74 Å². The number of nitriles is 1. The van der Waals surface area contributed by atoms with Crippen molar-refractivity contribution in [1.82, 2.24) is 4.98 Å². The molecule has 0 saturated carbocycles. The number of nitrogens with zero attached hydrogens (tertiary/aromatic N) is 2. The van der Waals surface area contributed by atoms with Crippen molar-refractivity contribution in [2.75, 3.05) is 7.11 Å². The minimum absolute atomic E-state index is 0.132. The van der Waals surface area contributed by atoms with Crippen molar-refractivity contribution in [2.24, 2.45) is 5.41 Å². The molecule has 4 nitrogen and oxygen atoms in total. The highest BCUT2D eigenvalue weighted by Crippen LogP contribution is 2.44. The first kappa shape index (κ1) is 14.4. The van der Waals surface area contributed by atoms with Gasteiger partial charge in [-0.1, -0.05) is 19.9 Å². The minimum atomic E-state index is -0.775. The monoisotopic (exact) mass is 270 g/mol. The second-order valence-corrected chi connectivity index (χ2v) is 5.84. The lowest BCUT2D eigenvalue weighted by atomic mass is 9.68. The Kier molecular flexibility index (Phi) is 3.49. The second kappa shape index (κ2) is 4.84. The van der Waals surface area contributed by atoms with Crippen LogP contribution in [0.4, 0.5) is 0 Å². The topological polar surface area (TPSA) is 63.0 Å². The van der Waals surface area contributed by atoms with Crippen LogP contribution in [-0.4, -0.2) is 17.9 Å². The number of rotatable bonds is 2. The maximum Gasteiger partial charge on any atom is 0.178 e. The zero-order valence-corrected chi connectivity index (χ0v) is 12.2. The number of Topliss-reactive ketones (excluding diaryl/α,β-unsaturated/α-hetero) is 1. The molecule has 0 radical (unpaired) electrons. The van der Waals surface area contributed by atoms with Gasteiger partial charge in [0.1, 0.15) is 11.7 Å². The molecule has 1 aliphatic rings. The molecule has 1 heterocycles. The molecule has 0 aliphatic heterocycles. The molecule has 0 spiro atoms. The number of hydrogen-bond donors (Lipinski definition) is 0. The van der Waals surface area contributed by atoms with Crippen molar-refractivity contribution in [3.63, 3.8) is 0 Å². The van der Waals surface area contributed by atoms with Crippen molar-refractivity contribution >= 4 is 5.78 Å². The average molecular weight is 270 g/mol. The highest BCUT2D eigenvalue weighted by molar-refractivity contribution is 6.04. The molecular formula is C16H18N2O2. The Morgan fingerprint density at radius 2 is 2.10 bits per heavy atom. The molecule has 1 aromatic heterocycles. The van der Waals surface area contributed by atoms with E-state index in [1.54, 1.807) is 19.4 Å². The fraction of sp³-hybridized carbons (Fsp3) is 0.438. The predicted molar refractivity (Wildman–Crippen MR) is 74.8 cm³/mol. The molecule has 104 valence electrons. The van der Waals surface area contributed by atoms with Crippen LogP contribution in [0.15, 0.2) is 30.0 Å². The van der Waals surface area contributed by atoms with Gasteiger partial charge in [-0.3, -0.25) is 9.78 Å². The molecule has 2 rings (SSSR count). The number of carbonyl (C=O) groups is 1. The highest BCUT2D eigenvalue weighted by Gasteiger charge is 2.46. The summed E-state index contributed by atoms with van der Waals surface area (Å²) in [5.41, 5.74) is 0.516. The van der Waals surface area contributed by atoms with Crippen LogP contribution in [0.3, 0.4) is 0 Å². The Morgan fingerprint density at radius 3 is 2.60 bits per heavy atom. The van der Waals surface area contributed by atoms with E-state index in [9.17, 15) is 10.1 Å². The molecular weight excluding hydrogens is 252 g/mol. The Balaban J connectivity index is 2.61. The van der Waals surface area contributed by atoms with E-state index >= 15 is 0 Å².